The Labute approximate surface area is 85.6 Å². The first-order valence-corrected chi connectivity index (χ1v) is 5.01. The Balaban J connectivity index is 2.30. The lowest BCUT2D eigenvalue weighted by Gasteiger charge is -2.09. The maximum atomic E-state index is 11.1. The predicted octanol–water partition coefficient (Wildman–Crippen LogP) is 3.02. The van der Waals surface area contributed by atoms with Crippen LogP contribution in [0, 0.1) is 0 Å². The van der Waals surface area contributed by atoms with Crippen LogP contribution in [0.1, 0.15) is 17.9 Å². The summed E-state index contributed by atoms with van der Waals surface area (Å²) in [7, 11) is 0. The van der Waals surface area contributed by atoms with Gasteiger partial charge in [0.05, 0.1) is 0 Å². The highest BCUT2D eigenvalue weighted by atomic mass is 79.9. The van der Waals surface area contributed by atoms with Crippen LogP contribution in [0.2, 0.25) is 0 Å². The van der Waals surface area contributed by atoms with E-state index in [1.165, 1.54) is 5.56 Å². The maximum absolute atomic E-state index is 11.1. The Kier molecular flexibility index (Phi) is 2.32. The molecule has 0 aromatic heterocycles. The van der Waals surface area contributed by atoms with E-state index in [1.807, 2.05) is 18.2 Å². The molecule has 0 heterocycles. The molecule has 1 aromatic carbocycles. The summed E-state index contributed by atoms with van der Waals surface area (Å²) in [5, 5.41) is 0. The fraction of sp³-hybridized carbons (Fsp3) is 0.182. The molecule has 0 aliphatic heterocycles. The van der Waals surface area contributed by atoms with Gasteiger partial charge in [-0.1, -0.05) is 46.3 Å². The van der Waals surface area contributed by atoms with Crippen molar-refractivity contribution in [2.45, 2.75) is 12.3 Å². The van der Waals surface area contributed by atoms with Crippen molar-refractivity contribution in [3.8, 4) is 0 Å². The van der Waals surface area contributed by atoms with Crippen molar-refractivity contribution in [1.29, 1.82) is 0 Å². The molecule has 0 amide bonds. The van der Waals surface area contributed by atoms with Crippen LogP contribution in [0.15, 0.2) is 40.9 Å². The molecule has 2 heteroatoms. The Morgan fingerprint density at radius 3 is 2.46 bits per heavy atom. The topological polar surface area (TPSA) is 17.1 Å². The fourth-order valence-electron chi connectivity index (χ4n) is 1.57. The van der Waals surface area contributed by atoms with E-state index in [0.717, 1.165) is 4.48 Å². The van der Waals surface area contributed by atoms with Crippen LogP contribution in [0.5, 0.6) is 0 Å². The zero-order chi connectivity index (χ0) is 9.26. The number of carbonyl (C=O) groups is 1. The number of hydrogen-bond acceptors (Lipinski definition) is 1. The first kappa shape index (κ1) is 8.70. The second kappa shape index (κ2) is 3.46. The summed E-state index contributed by atoms with van der Waals surface area (Å²) in [5.41, 5.74) is 1.21. The molecule has 1 atom stereocenters. The van der Waals surface area contributed by atoms with Gasteiger partial charge in [-0.25, -0.2) is 0 Å². The summed E-state index contributed by atoms with van der Waals surface area (Å²) in [6, 6.07) is 10.1. The third kappa shape index (κ3) is 1.73. The molecule has 66 valence electrons. The van der Waals surface area contributed by atoms with Gasteiger partial charge < -0.3 is 0 Å². The maximum Gasteiger partial charge on any atom is 0.157 e. The molecular weight excluding hydrogens is 228 g/mol. The van der Waals surface area contributed by atoms with E-state index in [4.69, 9.17) is 0 Å². The number of benzene rings is 1. The molecule has 0 saturated heterocycles. The summed E-state index contributed by atoms with van der Waals surface area (Å²) in [4.78, 5) is 11.1. The summed E-state index contributed by atoms with van der Waals surface area (Å²) in [6.45, 7) is 0. The van der Waals surface area contributed by atoms with Crippen molar-refractivity contribution in [3.63, 3.8) is 0 Å². The van der Waals surface area contributed by atoms with Crippen LogP contribution in [0.4, 0.5) is 0 Å². The van der Waals surface area contributed by atoms with Crippen LogP contribution < -0.4 is 0 Å². The van der Waals surface area contributed by atoms with Gasteiger partial charge in [-0.05, 0) is 11.6 Å². The van der Waals surface area contributed by atoms with Crippen LogP contribution in [-0.4, -0.2) is 5.78 Å². The van der Waals surface area contributed by atoms with Gasteiger partial charge in [-0.15, -0.1) is 0 Å². The Morgan fingerprint density at radius 1 is 1.23 bits per heavy atom. The van der Waals surface area contributed by atoms with E-state index in [0.29, 0.717) is 6.42 Å². The van der Waals surface area contributed by atoms with Gasteiger partial charge in [0.2, 0.25) is 0 Å². The number of hydrogen-bond donors (Lipinski definition) is 0. The molecule has 1 aliphatic carbocycles. The van der Waals surface area contributed by atoms with E-state index < -0.39 is 0 Å². The number of allylic oxidation sites excluding steroid dienone is 2. The monoisotopic (exact) mass is 236 g/mol. The molecule has 13 heavy (non-hydrogen) atoms. The third-order valence-corrected chi connectivity index (χ3v) is 3.02. The first-order chi connectivity index (χ1) is 6.27. The molecule has 1 nitrogen and oxygen atoms in total. The van der Waals surface area contributed by atoms with E-state index in [2.05, 4.69) is 28.1 Å². The molecule has 0 spiro atoms. The van der Waals surface area contributed by atoms with Gasteiger partial charge in [0.1, 0.15) is 0 Å². The number of carbonyl (C=O) groups excluding carboxylic acids is 1. The van der Waals surface area contributed by atoms with Gasteiger partial charge in [0, 0.05) is 16.8 Å². The molecule has 2 rings (SSSR count). The highest BCUT2D eigenvalue weighted by molar-refractivity contribution is 9.11. The van der Waals surface area contributed by atoms with E-state index in [1.54, 1.807) is 6.08 Å². The Morgan fingerprint density at radius 2 is 1.92 bits per heavy atom. The lowest BCUT2D eigenvalue weighted by atomic mass is 9.99. The van der Waals surface area contributed by atoms with Crippen LogP contribution >= 0.6 is 15.9 Å². The molecule has 1 aliphatic rings. The normalized spacial score (nSPS) is 21.8. The van der Waals surface area contributed by atoms with E-state index >= 15 is 0 Å². The zero-order valence-electron chi connectivity index (χ0n) is 7.03. The van der Waals surface area contributed by atoms with Crippen molar-refractivity contribution >= 4 is 21.7 Å². The third-order valence-electron chi connectivity index (χ3n) is 2.24. The van der Waals surface area contributed by atoms with Gasteiger partial charge in [-0.2, -0.15) is 0 Å². The van der Waals surface area contributed by atoms with Gasteiger partial charge >= 0.3 is 0 Å². The smallest absolute Gasteiger partial charge is 0.157 e. The molecule has 0 N–H and O–H groups in total. The van der Waals surface area contributed by atoms with Crippen molar-refractivity contribution in [2.75, 3.05) is 0 Å². The van der Waals surface area contributed by atoms with E-state index in [-0.39, 0.29) is 11.7 Å². The number of ketones is 1. The Hall–Kier alpha value is -0.890. The highest BCUT2D eigenvalue weighted by Crippen LogP contribution is 2.36. The summed E-state index contributed by atoms with van der Waals surface area (Å²) < 4.78 is 1.00. The second-order valence-corrected chi connectivity index (χ2v) is 4.08. The molecule has 0 bridgehead atoms. The van der Waals surface area contributed by atoms with Crippen LogP contribution in [0.3, 0.4) is 0 Å². The van der Waals surface area contributed by atoms with Gasteiger partial charge in [-0.3, -0.25) is 4.79 Å². The number of rotatable bonds is 1. The summed E-state index contributed by atoms with van der Waals surface area (Å²) in [5.74, 6) is 0.453. The van der Waals surface area contributed by atoms with Crippen molar-refractivity contribution in [1.82, 2.24) is 0 Å². The molecule has 0 saturated carbocycles. The van der Waals surface area contributed by atoms with Crippen molar-refractivity contribution < 1.29 is 4.79 Å². The number of halogens is 1. The minimum atomic E-state index is 0.209. The minimum Gasteiger partial charge on any atom is -0.295 e. The molecule has 0 fully saturated rings. The van der Waals surface area contributed by atoms with Gasteiger partial charge in [0.25, 0.3) is 0 Å². The summed E-state index contributed by atoms with van der Waals surface area (Å²) >= 11 is 3.42. The largest absolute Gasteiger partial charge is 0.295 e. The lowest BCUT2D eigenvalue weighted by molar-refractivity contribution is -0.114. The lowest BCUT2D eigenvalue weighted by Crippen LogP contribution is -1.96. The van der Waals surface area contributed by atoms with Crippen LogP contribution in [-0.2, 0) is 4.79 Å². The Bertz CT molecular complexity index is 354. The average Bonchev–Trinajstić information content (AvgIpc) is 2.47. The summed E-state index contributed by atoms with van der Waals surface area (Å²) in [6.07, 6.45) is 2.28. The first-order valence-electron chi connectivity index (χ1n) is 4.22. The molecule has 1 aromatic rings. The standard InChI is InChI=1S/C11H9BrO/c12-11-7-9(13)6-10(11)8-4-2-1-3-5-8/h1-5,7,10H,6H2. The minimum absolute atomic E-state index is 0.209. The average molecular weight is 237 g/mol. The van der Waals surface area contributed by atoms with Crippen molar-refractivity contribution in [2.24, 2.45) is 0 Å². The van der Waals surface area contributed by atoms with Crippen molar-refractivity contribution in [3.05, 3.63) is 46.5 Å². The predicted molar refractivity (Wildman–Crippen MR) is 55.8 cm³/mol. The second-order valence-electron chi connectivity index (χ2n) is 3.16. The molecule has 1 unspecified atom stereocenters. The molecule has 0 radical (unpaired) electrons. The van der Waals surface area contributed by atoms with E-state index in [9.17, 15) is 4.79 Å². The molecular formula is C11H9BrO. The quantitative estimate of drug-likeness (QED) is 0.733. The zero-order valence-corrected chi connectivity index (χ0v) is 8.62. The SMILES string of the molecule is O=C1C=C(Br)C(c2ccccc2)C1. The van der Waals surface area contributed by atoms with Crippen LogP contribution in [0.25, 0.3) is 0 Å². The van der Waals surface area contributed by atoms with Gasteiger partial charge in [0.15, 0.2) is 5.78 Å². The highest BCUT2D eigenvalue weighted by Gasteiger charge is 2.23. The fourth-order valence-corrected chi connectivity index (χ4v) is 2.26.